The van der Waals surface area contributed by atoms with Crippen LogP contribution in [0.3, 0.4) is 0 Å². The van der Waals surface area contributed by atoms with Gasteiger partial charge in [0.25, 0.3) is 0 Å². The van der Waals surface area contributed by atoms with Gasteiger partial charge >= 0.3 is 0 Å². The van der Waals surface area contributed by atoms with Gasteiger partial charge in [-0.15, -0.1) is 0 Å². The van der Waals surface area contributed by atoms with Crippen LogP contribution in [0.15, 0.2) is 18.2 Å². The number of hydrogen-bond acceptors (Lipinski definition) is 2. The summed E-state index contributed by atoms with van der Waals surface area (Å²) in [4.78, 5) is 0. The topological polar surface area (TPSA) is 35.8 Å². The highest BCUT2D eigenvalue weighted by molar-refractivity contribution is 14.1. The number of halogens is 1. The Bertz CT molecular complexity index is 381. The van der Waals surface area contributed by atoms with E-state index in [-0.39, 0.29) is 0 Å². The van der Waals surface area contributed by atoms with Gasteiger partial charge in [0.15, 0.2) is 0 Å². The molecule has 0 aromatic heterocycles. The van der Waals surface area contributed by atoms with Crippen molar-refractivity contribution >= 4 is 22.6 Å². The first kappa shape index (κ1) is 9.94. The third kappa shape index (κ3) is 1.64. The number of nitriles is 1. The molecule has 2 rings (SSSR count). The summed E-state index contributed by atoms with van der Waals surface area (Å²) >= 11 is 2.38. The first-order valence-electron chi connectivity index (χ1n) is 4.68. The van der Waals surface area contributed by atoms with E-state index in [0.717, 1.165) is 23.0 Å². The van der Waals surface area contributed by atoms with Gasteiger partial charge in [-0.3, -0.25) is 0 Å². The van der Waals surface area contributed by atoms with Crippen molar-refractivity contribution < 1.29 is 0 Å². The Morgan fingerprint density at radius 1 is 1.57 bits per heavy atom. The van der Waals surface area contributed by atoms with Gasteiger partial charge < -0.3 is 5.32 Å². The lowest BCUT2D eigenvalue weighted by atomic mass is 9.92. The molecule has 0 bridgehead atoms. The number of alkyl halides is 1. The Hall–Kier alpha value is -0.600. The fraction of sp³-hybridized carbons (Fsp3) is 0.364. The van der Waals surface area contributed by atoms with Crippen LogP contribution in [0.4, 0.5) is 0 Å². The zero-order valence-electron chi connectivity index (χ0n) is 7.76. The number of nitrogens with one attached hydrogen (secondary N) is 1. The van der Waals surface area contributed by atoms with E-state index in [9.17, 15) is 0 Å². The first-order chi connectivity index (χ1) is 6.86. The van der Waals surface area contributed by atoms with Crippen molar-refractivity contribution in [1.82, 2.24) is 5.32 Å². The highest BCUT2D eigenvalue weighted by Gasteiger charge is 2.20. The van der Waals surface area contributed by atoms with Crippen LogP contribution in [-0.2, 0) is 6.42 Å². The lowest BCUT2D eigenvalue weighted by Gasteiger charge is -2.26. The standard InChI is InChI=1S/C11H11IN2/c12-6-11-10-3-1-2-8(7-13)9(10)4-5-14-11/h1-3,11,14H,4-6H2. The molecule has 1 aromatic rings. The minimum Gasteiger partial charge on any atom is -0.309 e. The predicted octanol–water partition coefficient (Wildman–Crippen LogP) is 2.18. The molecule has 1 aliphatic heterocycles. The molecule has 2 nitrogen and oxygen atoms in total. The van der Waals surface area contributed by atoms with E-state index in [1.165, 1.54) is 11.1 Å². The summed E-state index contributed by atoms with van der Waals surface area (Å²) < 4.78 is 1.06. The van der Waals surface area contributed by atoms with Gasteiger partial charge in [0.05, 0.1) is 11.6 Å². The number of fused-ring (bicyclic) bond motifs is 1. The van der Waals surface area contributed by atoms with E-state index in [4.69, 9.17) is 5.26 Å². The van der Waals surface area contributed by atoms with Gasteiger partial charge in [-0.2, -0.15) is 5.26 Å². The number of benzene rings is 1. The third-order valence-electron chi connectivity index (χ3n) is 2.63. The van der Waals surface area contributed by atoms with Crippen molar-refractivity contribution in [3.63, 3.8) is 0 Å². The van der Waals surface area contributed by atoms with Crippen molar-refractivity contribution in [2.75, 3.05) is 11.0 Å². The molecule has 1 N–H and O–H groups in total. The van der Waals surface area contributed by atoms with Crippen molar-refractivity contribution in [3.05, 3.63) is 34.9 Å². The van der Waals surface area contributed by atoms with Gasteiger partial charge in [0, 0.05) is 10.5 Å². The lowest BCUT2D eigenvalue weighted by molar-refractivity contribution is 0.552. The van der Waals surface area contributed by atoms with Crippen LogP contribution >= 0.6 is 22.6 Å². The SMILES string of the molecule is N#Cc1cccc2c1CCNC2CI. The van der Waals surface area contributed by atoms with Crippen molar-refractivity contribution in [1.29, 1.82) is 5.26 Å². The van der Waals surface area contributed by atoms with E-state index in [1.54, 1.807) is 0 Å². The summed E-state index contributed by atoms with van der Waals surface area (Å²) in [5, 5.41) is 12.4. The van der Waals surface area contributed by atoms with Gasteiger partial charge in [-0.05, 0) is 30.2 Å². The zero-order chi connectivity index (χ0) is 9.97. The summed E-state index contributed by atoms with van der Waals surface area (Å²) in [6.45, 7) is 0.985. The minimum atomic E-state index is 0.424. The Morgan fingerprint density at radius 3 is 3.14 bits per heavy atom. The largest absolute Gasteiger partial charge is 0.309 e. The number of rotatable bonds is 1. The molecule has 1 aliphatic rings. The Morgan fingerprint density at radius 2 is 2.43 bits per heavy atom. The van der Waals surface area contributed by atoms with Gasteiger partial charge in [0.2, 0.25) is 0 Å². The summed E-state index contributed by atoms with van der Waals surface area (Å²) in [7, 11) is 0. The highest BCUT2D eigenvalue weighted by atomic mass is 127. The zero-order valence-corrected chi connectivity index (χ0v) is 9.91. The average Bonchev–Trinajstić information content (AvgIpc) is 2.27. The third-order valence-corrected chi connectivity index (χ3v) is 3.51. The maximum absolute atomic E-state index is 8.98. The molecule has 72 valence electrons. The second-order valence-electron chi connectivity index (χ2n) is 3.40. The van der Waals surface area contributed by atoms with Gasteiger partial charge in [0.1, 0.15) is 0 Å². The molecule has 0 fully saturated rings. The summed E-state index contributed by atoms with van der Waals surface area (Å²) in [6, 6.07) is 8.71. The van der Waals surface area contributed by atoms with E-state index in [1.807, 2.05) is 12.1 Å². The highest BCUT2D eigenvalue weighted by Crippen LogP contribution is 2.26. The molecule has 0 aliphatic carbocycles. The monoisotopic (exact) mass is 298 g/mol. The van der Waals surface area contributed by atoms with Crippen molar-refractivity contribution in [2.24, 2.45) is 0 Å². The molecule has 1 atom stereocenters. The lowest BCUT2D eigenvalue weighted by Crippen LogP contribution is -2.31. The molecule has 1 heterocycles. The number of hydrogen-bond donors (Lipinski definition) is 1. The average molecular weight is 298 g/mol. The molecular formula is C11H11IN2. The van der Waals surface area contributed by atoms with E-state index >= 15 is 0 Å². The van der Waals surface area contributed by atoms with Crippen LogP contribution in [0.1, 0.15) is 22.7 Å². The summed E-state index contributed by atoms with van der Waals surface area (Å²) in [5.41, 5.74) is 3.40. The van der Waals surface area contributed by atoms with Gasteiger partial charge in [-0.25, -0.2) is 0 Å². The molecule has 0 spiro atoms. The molecule has 0 saturated carbocycles. The molecule has 3 heteroatoms. The van der Waals surface area contributed by atoms with Crippen LogP contribution in [0.2, 0.25) is 0 Å². The van der Waals surface area contributed by atoms with E-state index in [2.05, 4.69) is 40.0 Å². The molecular weight excluding hydrogens is 287 g/mol. The first-order valence-corrected chi connectivity index (χ1v) is 6.20. The molecule has 14 heavy (non-hydrogen) atoms. The fourth-order valence-electron chi connectivity index (χ4n) is 1.93. The van der Waals surface area contributed by atoms with Gasteiger partial charge in [-0.1, -0.05) is 34.7 Å². The quantitative estimate of drug-likeness (QED) is 0.637. The molecule has 0 amide bonds. The molecule has 1 unspecified atom stereocenters. The maximum Gasteiger partial charge on any atom is 0.0994 e. The minimum absolute atomic E-state index is 0.424. The van der Waals surface area contributed by atoms with Crippen molar-refractivity contribution in [2.45, 2.75) is 12.5 Å². The van der Waals surface area contributed by atoms with Crippen LogP contribution in [0.25, 0.3) is 0 Å². The van der Waals surface area contributed by atoms with Crippen LogP contribution in [0.5, 0.6) is 0 Å². The maximum atomic E-state index is 8.98. The predicted molar refractivity (Wildman–Crippen MR) is 64.5 cm³/mol. The summed E-state index contributed by atoms with van der Waals surface area (Å²) in [5.74, 6) is 0. The molecule has 0 radical (unpaired) electrons. The Kier molecular flexibility index (Phi) is 3.04. The Labute approximate surface area is 97.5 Å². The summed E-state index contributed by atoms with van der Waals surface area (Å²) in [6.07, 6.45) is 0.978. The smallest absolute Gasteiger partial charge is 0.0994 e. The van der Waals surface area contributed by atoms with E-state index < -0.39 is 0 Å². The molecule has 0 saturated heterocycles. The fourth-order valence-corrected chi connectivity index (χ4v) is 2.72. The normalized spacial score (nSPS) is 19.9. The van der Waals surface area contributed by atoms with E-state index in [0.29, 0.717) is 6.04 Å². The van der Waals surface area contributed by atoms with Crippen LogP contribution in [0, 0.1) is 11.3 Å². The second-order valence-corrected chi connectivity index (χ2v) is 4.28. The molecule has 1 aromatic carbocycles. The number of nitrogens with zero attached hydrogens (tertiary/aromatic N) is 1. The van der Waals surface area contributed by atoms with Crippen molar-refractivity contribution in [3.8, 4) is 6.07 Å². The van der Waals surface area contributed by atoms with Crippen LogP contribution < -0.4 is 5.32 Å². The Balaban J connectivity index is 2.50. The van der Waals surface area contributed by atoms with Crippen LogP contribution in [-0.4, -0.2) is 11.0 Å². The second kappa shape index (κ2) is 4.28.